The quantitative estimate of drug-likeness (QED) is 0.621. The van der Waals surface area contributed by atoms with Crippen LogP contribution in [0.1, 0.15) is 24.0 Å². The lowest BCUT2D eigenvalue weighted by Gasteiger charge is -2.33. The summed E-state index contributed by atoms with van der Waals surface area (Å²) in [5.41, 5.74) is 2.61. The number of rotatable bonds is 6. The summed E-state index contributed by atoms with van der Waals surface area (Å²) in [7, 11) is 9.58. The van der Waals surface area contributed by atoms with Crippen LogP contribution >= 0.6 is 0 Å². The van der Waals surface area contributed by atoms with Crippen LogP contribution in [0.25, 0.3) is 0 Å². The zero-order valence-electron chi connectivity index (χ0n) is 16.7. The Morgan fingerprint density at radius 3 is 2.42 bits per heavy atom. The molecule has 1 heterocycles. The van der Waals surface area contributed by atoms with Gasteiger partial charge in [0.15, 0.2) is 17.5 Å². The van der Waals surface area contributed by atoms with Crippen molar-refractivity contribution in [3.05, 3.63) is 23.3 Å². The maximum atomic E-state index is 5.47. The Hall–Kier alpha value is -1.95. The molecule has 0 saturated heterocycles. The van der Waals surface area contributed by atoms with Crippen molar-refractivity contribution in [1.82, 2.24) is 15.1 Å². The summed E-state index contributed by atoms with van der Waals surface area (Å²) >= 11 is 0. The van der Waals surface area contributed by atoms with Gasteiger partial charge in [-0.2, -0.15) is 0 Å². The van der Waals surface area contributed by atoms with Gasteiger partial charge in [-0.15, -0.1) is 0 Å². The van der Waals surface area contributed by atoms with Gasteiger partial charge in [-0.25, -0.2) is 0 Å². The number of aliphatic imine (C=N–C) groups is 1. The lowest BCUT2D eigenvalue weighted by atomic mass is 9.99. The second kappa shape index (κ2) is 8.16. The van der Waals surface area contributed by atoms with Crippen molar-refractivity contribution >= 4 is 5.96 Å². The van der Waals surface area contributed by atoms with Gasteiger partial charge in [-0.1, -0.05) is 0 Å². The fraction of sp³-hybridized carbons (Fsp3) is 0.650. The van der Waals surface area contributed by atoms with Crippen molar-refractivity contribution in [2.75, 3.05) is 48.5 Å². The van der Waals surface area contributed by atoms with Gasteiger partial charge < -0.3 is 24.6 Å². The minimum Gasteiger partial charge on any atom is -0.493 e. The Morgan fingerprint density at radius 1 is 1.23 bits per heavy atom. The first kappa shape index (κ1) is 18.8. The zero-order chi connectivity index (χ0) is 18.7. The molecule has 1 N–H and O–H groups in total. The third-order valence-corrected chi connectivity index (χ3v) is 5.53. The molecule has 1 atom stereocenters. The molecule has 0 aromatic heterocycles. The van der Waals surface area contributed by atoms with E-state index in [-0.39, 0.29) is 0 Å². The normalized spacial score (nSPS) is 18.5. The molecule has 3 rings (SSSR count). The van der Waals surface area contributed by atoms with E-state index in [1.807, 2.05) is 7.05 Å². The van der Waals surface area contributed by atoms with E-state index in [2.05, 4.69) is 46.3 Å². The molecule has 1 fully saturated rings. The average Bonchev–Trinajstić information content (AvgIpc) is 3.48. The highest BCUT2D eigenvalue weighted by molar-refractivity contribution is 5.80. The van der Waals surface area contributed by atoms with E-state index in [0.29, 0.717) is 6.04 Å². The molecule has 0 spiro atoms. The smallest absolute Gasteiger partial charge is 0.194 e. The van der Waals surface area contributed by atoms with E-state index in [1.165, 1.54) is 24.0 Å². The van der Waals surface area contributed by atoms with Crippen LogP contribution < -0.4 is 14.8 Å². The average molecular weight is 361 g/mol. The van der Waals surface area contributed by atoms with Crippen molar-refractivity contribution in [3.63, 3.8) is 0 Å². The first-order valence-corrected chi connectivity index (χ1v) is 9.43. The second-order valence-electron chi connectivity index (χ2n) is 7.44. The Labute approximate surface area is 157 Å². The predicted molar refractivity (Wildman–Crippen MR) is 105 cm³/mol. The summed E-state index contributed by atoms with van der Waals surface area (Å²) in [6.45, 7) is 2.74. The zero-order valence-corrected chi connectivity index (χ0v) is 16.7. The van der Waals surface area contributed by atoms with E-state index in [9.17, 15) is 0 Å². The molecule has 1 aliphatic heterocycles. The van der Waals surface area contributed by atoms with Gasteiger partial charge in [-0.05, 0) is 62.5 Å². The van der Waals surface area contributed by atoms with Gasteiger partial charge in [0.1, 0.15) is 0 Å². The van der Waals surface area contributed by atoms with Crippen LogP contribution in [0.3, 0.4) is 0 Å². The van der Waals surface area contributed by atoms with Crippen LogP contribution in [0, 0.1) is 5.92 Å². The molecule has 144 valence electrons. The molecule has 1 saturated carbocycles. The number of hydrogen-bond donors (Lipinski definition) is 1. The van der Waals surface area contributed by atoms with E-state index in [1.54, 1.807) is 14.2 Å². The van der Waals surface area contributed by atoms with Gasteiger partial charge in [0.05, 0.1) is 14.2 Å². The lowest BCUT2D eigenvalue weighted by molar-refractivity contribution is 0.260. The number of nitrogens with zero attached hydrogens (tertiary/aromatic N) is 3. The molecule has 1 aromatic carbocycles. The van der Waals surface area contributed by atoms with Crippen LogP contribution in [-0.2, 0) is 13.0 Å². The Bertz CT molecular complexity index is 653. The van der Waals surface area contributed by atoms with Gasteiger partial charge in [0.2, 0.25) is 0 Å². The molecule has 6 nitrogen and oxygen atoms in total. The molecule has 6 heteroatoms. The number of guanidine groups is 1. The molecule has 0 amide bonds. The number of fused-ring (bicyclic) bond motifs is 1. The summed E-state index contributed by atoms with van der Waals surface area (Å²) in [6, 6.07) is 4.78. The number of nitrogens with one attached hydrogen (secondary N) is 1. The van der Waals surface area contributed by atoms with Gasteiger partial charge in [0.25, 0.3) is 0 Å². The van der Waals surface area contributed by atoms with E-state index >= 15 is 0 Å². The highest BCUT2D eigenvalue weighted by Gasteiger charge is 2.33. The minimum atomic E-state index is 0.577. The first-order valence-electron chi connectivity index (χ1n) is 9.43. The molecule has 26 heavy (non-hydrogen) atoms. The molecule has 2 aliphatic rings. The summed E-state index contributed by atoms with van der Waals surface area (Å²) in [5, 5.41) is 3.60. The van der Waals surface area contributed by atoms with Crippen molar-refractivity contribution in [1.29, 1.82) is 0 Å². The Morgan fingerprint density at radius 2 is 1.88 bits per heavy atom. The maximum absolute atomic E-state index is 5.47. The predicted octanol–water partition coefficient (Wildman–Crippen LogP) is 1.98. The van der Waals surface area contributed by atoms with Crippen molar-refractivity contribution < 1.29 is 9.47 Å². The van der Waals surface area contributed by atoms with Gasteiger partial charge in [-0.3, -0.25) is 4.99 Å². The van der Waals surface area contributed by atoms with E-state index < -0.39 is 0 Å². The standard InChI is InChI=1S/C20H32N4O2/c1-21-20(22-12-17(23(2)3)14-6-7-14)24-9-8-15-10-18(25-4)19(26-5)11-16(15)13-24/h10-11,14,17H,6-9,12-13H2,1-5H3,(H,21,22). The fourth-order valence-electron chi connectivity index (χ4n) is 3.84. The third-order valence-electron chi connectivity index (χ3n) is 5.53. The molecule has 1 aromatic rings. The van der Waals surface area contributed by atoms with Crippen molar-refractivity contribution in [3.8, 4) is 11.5 Å². The number of benzene rings is 1. The molecular weight excluding hydrogens is 328 g/mol. The topological polar surface area (TPSA) is 49.3 Å². The van der Waals surface area contributed by atoms with Crippen molar-refractivity contribution in [2.45, 2.75) is 31.8 Å². The molecule has 1 unspecified atom stereocenters. The Balaban J connectivity index is 1.68. The summed E-state index contributed by atoms with van der Waals surface area (Å²) in [5.74, 6) is 3.41. The fourth-order valence-corrected chi connectivity index (χ4v) is 3.84. The maximum Gasteiger partial charge on any atom is 0.194 e. The summed E-state index contributed by atoms with van der Waals surface area (Å²) in [4.78, 5) is 9.19. The minimum absolute atomic E-state index is 0.577. The Kier molecular flexibility index (Phi) is 5.91. The van der Waals surface area contributed by atoms with E-state index in [0.717, 1.165) is 49.4 Å². The largest absolute Gasteiger partial charge is 0.493 e. The molecule has 0 bridgehead atoms. The van der Waals surface area contributed by atoms with Crippen LogP contribution in [-0.4, -0.2) is 70.3 Å². The van der Waals surface area contributed by atoms with E-state index in [4.69, 9.17) is 9.47 Å². The highest BCUT2D eigenvalue weighted by Crippen LogP contribution is 2.35. The third kappa shape index (κ3) is 4.06. The SMILES string of the molecule is CN=C(NCC(C1CC1)N(C)C)N1CCc2cc(OC)c(OC)cc2C1. The van der Waals surface area contributed by atoms with Crippen LogP contribution in [0.4, 0.5) is 0 Å². The highest BCUT2D eigenvalue weighted by atomic mass is 16.5. The number of ether oxygens (including phenoxy) is 2. The van der Waals surface area contributed by atoms with Crippen molar-refractivity contribution in [2.24, 2.45) is 10.9 Å². The number of methoxy groups -OCH3 is 2. The second-order valence-corrected chi connectivity index (χ2v) is 7.44. The number of hydrogen-bond acceptors (Lipinski definition) is 4. The van der Waals surface area contributed by atoms with Crippen LogP contribution in [0.15, 0.2) is 17.1 Å². The van der Waals surface area contributed by atoms with Crippen LogP contribution in [0.2, 0.25) is 0 Å². The number of likely N-dealkylation sites (N-methyl/N-ethyl adjacent to an activating group) is 1. The van der Waals surface area contributed by atoms with Gasteiger partial charge >= 0.3 is 0 Å². The first-order chi connectivity index (χ1) is 12.6. The van der Waals surface area contributed by atoms with Gasteiger partial charge in [0, 0.05) is 32.7 Å². The van der Waals surface area contributed by atoms with Crippen LogP contribution in [0.5, 0.6) is 11.5 Å². The molecular formula is C20H32N4O2. The molecule has 0 radical (unpaired) electrons. The summed E-state index contributed by atoms with van der Waals surface area (Å²) < 4.78 is 10.9. The monoisotopic (exact) mass is 360 g/mol. The molecule has 1 aliphatic carbocycles. The summed E-state index contributed by atoms with van der Waals surface area (Å²) in [6.07, 6.45) is 3.68. The lowest BCUT2D eigenvalue weighted by Crippen LogP contribution is -2.48.